The fourth-order valence-corrected chi connectivity index (χ4v) is 4.57. The van der Waals surface area contributed by atoms with Gasteiger partial charge in [0.2, 0.25) is 0 Å². The first-order chi connectivity index (χ1) is 15.3. The number of rotatable bonds is 7. The van der Waals surface area contributed by atoms with Crippen LogP contribution in [-0.2, 0) is 11.5 Å². The summed E-state index contributed by atoms with van der Waals surface area (Å²) < 4.78 is 23.0. The minimum absolute atomic E-state index is 0.235. The van der Waals surface area contributed by atoms with Gasteiger partial charge in [-0.3, -0.25) is 0 Å². The minimum atomic E-state index is -1.25. The number of aryl methyl sites for hydroxylation is 1. The maximum Gasteiger partial charge on any atom is 0.137 e. The highest BCUT2D eigenvalue weighted by molar-refractivity contribution is 6.76. The number of benzene rings is 1. The Morgan fingerprint density at radius 3 is 2.69 bits per heavy atom. The normalized spacial score (nSPS) is 11.8. The summed E-state index contributed by atoms with van der Waals surface area (Å²) in [6.45, 7) is 9.62. The van der Waals surface area contributed by atoms with E-state index >= 15 is 4.39 Å². The van der Waals surface area contributed by atoms with Crippen molar-refractivity contribution in [2.24, 2.45) is 0 Å². The third-order valence-corrected chi connectivity index (χ3v) is 7.25. The molecule has 1 aromatic carbocycles. The monoisotopic (exact) mass is 446 g/mol. The van der Waals surface area contributed by atoms with Crippen LogP contribution in [-0.4, -0.2) is 29.2 Å². The van der Waals surface area contributed by atoms with Gasteiger partial charge in [-0.05, 0) is 48.9 Å². The van der Waals surface area contributed by atoms with Crippen molar-refractivity contribution >= 4 is 19.1 Å². The van der Waals surface area contributed by atoms with Gasteiger partial charge >= 0.3 is 0 Å². The molecule has 3 aromatic heterocycles. The van der Waals surface area contributed by atoms with Crippen LogP contribution < -0.4 is 0 Å². The second kappa shape index (κ2) is 8.73. The van der Waals surface area contributed by atoms with Crippen LogP contribution in [0.4, 0.5) is 4.39 Å². The number of hydrogen-bond donors (Lipinski definition) is 1. The Labute approximate surface area is 188 Å². The highest BCUT2D eigenvalue weighted by Crippen LogP contribution is 2.36. The van der Waals surface area contributed by atoms with Crippen molar-refractivity contribution in [1.29, 1.82) is 5.26 Å². The first kappa shape index (κ1) is 22.0. The molecule has 32 heavy (non-hydrogen) atoms. The Bertz CT molecular complexity index is 1310. The summed E-state index contributed by atoms with van der Waals surface area (Å²) in [5.41, 5.74) is 4.66. The Balaban J connectivity index is 1.87. The van der Waals surface area contributed by atoms with Gasteiger partial charge in [-0.2, -0.15) is 5.26 Å². The zero-order valence-electron chi connectivity index (χ0n) is 18.9. The van der Waals surface area contributed by atoms with E-state index in [4.69, 9.17) is 4.74 Å². The van der Waals surface area contributed by atoms with Crippen LogP contribution >= 0.6 is 0 Å². The van der Waals surface area contributed by atoms with Gasteiger partial charge in [0, 0.05) is 43.6 Å². The largest absolute Gasteiger partial charge is 0.361 e. The molecule has 4 rings (SSSR count). The molecule has 0 atom stereocenters. The molecular formula is C25H27FN4OSi. The summed E-state index contributed by atoms with van der Waals surface area (Å²) in [6, 6.07) is 14.1. The lowest BCUT2D eigenvalue weighted by atomic mass is 10.1. The molecule has 0 radical (unpaired) electrons. The van der Waals surface area contributed by atoms with E-state index in [1.165, 1.54) is 6.07 Å². The maximum atomic E-state index is 15.0. The Morgan fingerprint density at radius 1 is 1.16 bits per heavy atom. The number of aromatic amines is 1. The summed E-state index contributed by atoms with van der Waals surface area (Å²) >= 11 is 0. The molecule has 0 aliphatic carbocycles. The lowest BCUT2D eigenvalue weighted by molar-refractivity contribution is 0.0895. The third kappa shape index (κ3) is 4.38. The Morgan fingerprint density at radius 2 is 1.97 bits per heavy atom. The van der Waals surface area contributed by atoms with Crippen molar-refractivity contribution in [3.63, 3.8) is 0 Å². The second-order valence-electron chi connectivity index (χ2n) is 9.26. The number of halogens is 1. The fourth-order valence-electron chi connectivity index (χ4n) is 3.81. The van der Waals surface area contributed by atoms with Crippen LogP contribution in [0.15, 0.2) is 48.8 Å². The van der Waals surface area contributed by atoms with Crippen molar-refractivity contribution in [1.82, 2.24) is 14.5 Å². The molecule has 0 amide bonds. The first-order valence-corrected chi connectivity index (χ1v) is 14.4. The lowest BCUT2D eigenvalue weighted by Gasteiger charge is -2.18. The molecule has 0 spiro atoms. The molecule has 0 saturated carbocycles. The van der Waals surface area contributed by atoms with E-state index in [0.29, 0.717) is 23.4 Å². The summed E-state index contributed by atoms with van der Waals surface area (Å²) in [7, 11) is -1.25. The molecule has 0 bridgehead atoms. The van der Waals surface area contributed by atoms with Crippen LogP contribution in [0.2, 0.25) is 25.7 Å². The summed E-state index contributed by atoms with van der Waals surface area (Å²) in [5, 5.41) is 10.9. The third-order valence-electron chi connectivity index (χ3n) is 5.55. The van der Waals surface area contributed by atoms with E-state index < -0.39 is 8.07 Å². The highest BCUT2D eigenvalue weighted by Gasteiger charge is 2.22. The van der Waals surface area contributed by atoms with Crippen LogP contribution in [0.3, 0.4) is 0 Å². The van der Waals surface area contributed by atoms with Crippen LogP contribution in [0, 0.1) is 24.1 Å². The SMILES string of the molecule is Cc1ccc(-c2c(C#N)cc(-c3ccnc4[nH]ccc34)n2COCC[Si](C)(C)C)c(F)c1. The smallest absolute Gasteiger partial charge is 0.137 e. The fraction of sp³-hybridized carbons (Fsp3) is 0.280. The van der Waals surface area contributed by atoms with Crippen LogP contribution in [0.25, 0.3) is 33.5 Å². The van der Waals surface area contributed by atoms with E-state index in [1.54, 1.807) is 12.3 Å². The van der Waals surface area contributed by atoms with Gasteiger partial charge in [0.15, 0.2) is 0 Å². The van der Waals surface area contributed by atoms with E-state index in [0.717, 1.165) is 33.9 Å². The molecule has 5 nitrogen and oxygen atoms in total. The Kier molecular flexibility index (Phi) is 6.00. The summed E-state index contributed by atoms with van der Waals surface area (Å²) in [6.07, 6.45) is 3.57. The summed E-state index contributed by atoms with van der Waals surface area (Å²) in [5.74, 6) is -0.351. The number of H-pyrrole nitrogens is 1. The van der Waals surface area contributed by atoms with Gasteiger partial charge in [-0.15, -0.1) is 0 Å². The molecule has 0 aliphatic rings. The predicted octanol–water partition coefficient (Wildman–Crippen LogP) is 6.33. The molecular weight excluding hydrogens is 419 g/mol. The second-order valence-corrected chi connectivity index (χ2v) is 14.9. The van der Waals surface area contributed by atoms with Crippen molar-refractivity contribution < 1.29 is 9.13 Å². The van der Waals surface area contributed by atoms with E-state index in [1.807, 2.05) is 42.0 Å². The predicted molar refractivity (Wildman–Crippen MR) is 128 cm³/mol. The van der Waals surface area contributed by atoms with Crippen LogP contribution in [0.1, 0.15) is 11.1 Å². The van der Waals surface area contributed by atoms with E-state index in [2.05, 4.69) is 35.7 Å². The first-order valence-electron chi connectivity index (χ1n) is 10.7. The van der Waals surface area contributed by atoms with E-state index in [9.17, 15) is 5.26 Å². The number of ether oxygens (including phenoxy) is 1. The van der Waals surface area contributed by atoms with Crippen molar-refractivity contribution in [2.75, 3.05) is 6.61 Å². The van der Waals surface area contributed by atoms with Gasteiger partial charge in [0.1, 0.15) is 24.3 Å². The molecule has 164 valence electrons. The van der Waals surface area contributed by atoms with Gasteiger partial charge < -0.3 is 14.3 Å². The highest BCUT2D eigenvalue weighted by atomic mass is 28.3. The molecule has 7 heteroatoms. The number of nitrogens with zero attached hydrogens (tertiary/aromatic N) is 3. The average molecular weight is 447 g/mol. The van der Waals surface area contributed by atoms with Crippen molar-refractivity contribution in [3.05, 3.63) is 65.7 Å². The quantitative estimate of drug-likeness (QED) is 0.266. The topological polar surface area (TPSA) is 66.6 Å². The number of nitriles is 1. The molecule has 0 aliphatic heterocycles. The lowest BCUT2D eigenvalue weighted by Crippen LogP contribution is -2.22. The molecule has 3 heterocycles. The number of fused-ring (bicyclic) bond motifs is 1. The zero-order valence-corrected chi connectivity index (χ0v) is 19.9. The number of hydrogen-bond acceptors (Lipinski definition) is 3. The number of pyridine rings is 1. The maximum absolute atomic E-state index is 15.0. The summed E-state index contributed by atoms with van der Waals surface area (Å²) in [4.78, 5) is 7.50. The zero-order chi connectivity index (χ0) is 22.9. The molecule has 1 N–H and O–H groups in total. The number of nitrogens with one attached hydrogen (secondary N) is 1. The average Bonchev–Trinajstić information content (AvgIpc) is 3.35. The van der Waals surface area contributed by atoms with Gasteiger partial charge in [-0.25, -0.2) is 9.37 Å². The van der Waals surface area contributed by atoms with Crippen LogP contribution in [0.5, 0.6) is 0 Å². The van der Waals surface area contributed by atoms with E-state index in [-0.39, 0.29) is 12.5 Å². The molecule has 0 fully saturated rings. The van der Waals surface area contributed by atoms with Crippen molar-refractivity contribution in [2.45, 2.75) is 39.3 Å². The molecule has 0 saturated heterocycles. The number of aromatic nitrogens is 3. The minimum Gasteiger partial charge on any atom is -0.361 e. The molecule has 4 aromatic rings. The van der Waals surface area contributed by atoms with Gasteiger partial charge in [-0.1, -0.05) is 25.7 Å². The Hall–Kier alpha value is -3.21. The standard InChI is InChI=1S/C25H27FN4OSi/c1-17-5-6-21(22(26)13-17)24-18(15-27)14-23(30(24)16-31-11-12-32(2,3)4)19-7-9-28-25-20(19)8-10-29-25/h5-10,13-14H,11-12,16H2,1-4H3,(H,28,29). The van der Waals surface area contributed by atoms with Gasteiger partial charge in [0.05, 0.1) is 17.0 Å². The van der Waals surface area contributed by atoms with Crippen molar-refractivity contribution in [3.8, 4) is 28.6 Å². The van der Waals surface area contributed by atoms with Gasteiger partial charge in [0.25, 0.3) is 0 Å². The molecule has 0 unspecified atom stereocenters.